The van der Waals surface area contributed by atoms with Gasteiger partial charge in [-0.05, 0) is 61.5 Å². The minimum atomic E-state index is -4.54. The van der Waals surface area contributed by atoms with Crippen molar-refractivity contribution in [1.82, 2.24) is 9.62 Å². The van der Waals surface area contributed by atoms with E-state index in [0.29, 0.717) is 12.2 Å². The number of allylic oxidation sites excluding steroid dienone is 2. The summed E-state index contributed by atoms with van der Waals surface area (Å²) >= 11 is 0. The molecule has 0 bridgehead atoms. The first-order chi connectivity index (χ1) is 20.0. The number of ether oxygens (including phenoxy) is 1. The fraction of sp³-hybridized carbons (Fsp3) is 0.433. The second-order valence-corrected chi connectivity index (χ2v) is 12.5. The lowest BCUT2D eigenvalue weighted by atomic mass is 9.96. The molecule has 0 saturated carbocycles. The molecule has 0 aliphatic carbocycles. The number of rotatable bonds is 7. The van der Waals surface area contributed by atoms with Crippen LogP contribution >= 0.6 is 0 Å². The van der Waals surface area contributed by atoms with E-state index in [4.69, 9.17) is 9.15 Å². The van der Waals surface area contributed by atoms with E-state index in [-0.39, 0.29) is 11.3 Å². The van der Waals surface area contributed by atoms with E-state index in [2.05, 4.69) is 39.8 Å². The zero-order valence-electron chi connectivity index (χ0n) is 23.8. The highest BCUT2D eigenvalue weighted by Crippen LogP contribution is 2.32. The van der Waals surface area contributed by atoms with Gasteiger partial charge in [0.25, 0.3) is 10.0 Å². The molecule has 2 aliphatic rings. The molecule has 2 aliphatic heterocycles. The van der Waals surface area contributed by atoms with Crippen LogP contribution in [-0.2, 0) is 14.8 Å². The number of fused-ring (bicyclic) bond motifs is 1. The minimum absolute atomic E-state index is 0.0431. The second kappa shape index (κ2) is 12.1. The fourth-order valence-electron chi connectivity index (χ4n) is 5.45. The molecule has 12 heteroatoms. The summed E-state index contributed by atoms with van der Waals surface area (Å²) in [5, 5.41) is 42.9. The number of aliphatic hydroxyl groups is 3. The molecule has 2 saturated heterocycles. The van der Waals surface area contributed by atoms with Crippen LogP contribution in [0.1, 0.15) is 26.0 Å². The molecule has 3 aromatic rings. The van der Waals surface area contributed by atoms with E-state index >= 15 is 0 Å². The van der Waals surface area contributed by atoms with Crippen molar-refractivity contribution in [3.63, 3.8) is 0 Å². The number of hydrogen-bond acceptors (Lipinski definition) is 10. The molecule has 2 fully saturated rings. The number of benzene rings is 2. The summed E-state index contributed by atoms with van der Waals surface area (Å²) in [5.74, 6) is 0.668. The summed E-state index contributed by atoms with van der Waals surface area (Å²) in [6.07, 6.45) is -5.35. The van der Waals surface area contributed by atoms with Gasteiger partial charge in [-0.25, -0.2) is 8.42 Å². The van der Waals surface area contributed by atoms with Gasteiger partial charge in [0.15, 0.2) is 11.2 Å². The van der Waals surface area contributed by atoms with Crippen LogP contribution in [-0.4, -0.2) is 92.5 Å². The third-order valence-electron chi connectivity index (χ3n) is 8.08. The van der Waals surface area contributed by atoms with Crippen molar-refractivity contribution in [2.75, 3.05) is 38.1 Å². The molecule has 42 heavy (non-hydrogen) atoms. The maximum atomic E-state index is 13.2. The molecule has 5 rings (SSSR count). The molecule has 224 valence electrons. The molecule has 11 nitrogen and oxygen atoms in total. The molecule has 5 atom stereocenters. The number of nitrogens with one attached hydrogen (secondary N) is 1. The highest BCUT2D eigenvalue weighted by atomic mass is 32.2. The van der Waals surface area contributed by atoms with Gasteiger partial charge in [-0.2, -0.15) is 9.98 Å². The van der Waals surface area contributed by atoms with Crippen molar-refractivity contribution < 1.29 is 32.9 Å². The zero-order valence-corrected chi connectivity index (χ0v) is 24.6. The Kier molecular flexibility index (Phi) is 8.73. The van der Waals surface area contributed by atoms with E-state index in [1.165, 1.54) is 12.6 Å². The van der Waals surface area contributed by atoms with Gasteiger partial charge in [-0.15, -0.1) is 0 Å². The Balaban J connectivity index is 1.37. The molecular weight excluding hydrogens is 560 g/mol. The fourth-order valence-corrected chi connectivity index (χ4v) is 6.80. The Labute approximate surface area is 245 Å². The number of hydrogen-bond donors (Lipinski definition) is 4. The number of nitriles is 1. The van der Waals surface area contributed by atoms with Gasteiger partial charge >= 0.3 is 0 Å². The number of likely N-dealkylation sites (N-methyl/N-ethyl adjacent to an activating group) is 1. The van der Waals surface area contributed by atoms with Crippen LogP contribution in [0.5, 0.6) is 0 Å². The first-order valence-electron chi connectivity index (χ1n) is 13.9. The van der Waals surface area contributed by atoms with Crippen molar-refractivity contribution in [2.45, 2.75) is 50.9 Å². The number of piperazine rings is 1. The van der Waals surface area contributed by atoms with Crippen LogP contribution in [0.2, 0.25) is 0 Å². The maximum Gasteiger partial charge on any atom is 0.251 e. The molecule has 0 spiro atoms. The summed E-state index contributed by atoms with van der Waals surface area (Å²) in [6, 6.07) is 15.7. The molecule has 1 aromatic heterocycles. The van der Waals surface area contributed by atoms with Gasteiger partial charge in [-0.3, -0.25) is 0 Å². The maximum absolute atomic E-state index is 13.2. The van der Waals surface area contributed by atoms with Crippen molar-refractivity contribution >= 4 is 32.1 Å². The van der Waals surface area contributed by atoms with Crippen molar-refractivity contribution in [1.29, 1.82) is 5.26 Å². The molecule has 3 heterocycles. The van der Waals surface area contributed by atoms with Crippen molar-refractivity contribution in [3.8, 4) is 17.4 Å². The van der Waals surface area contributed by atoms with E-state index < -0.39 is 45.6 Å². The molecule has 0 amide bonds. The largest absolute Gasteiger partial charge is 0.456 e. The lowest BCUT2D eigenvalue weighted by molar-refractivity contribution is -0.244. The van der Waals surface area contributed by atoms with Gasteiger partial charge < -0.3 is 34.3 Å². The summed E-state index contributed by atoms with van der Waals surface area (Å²) in [4.78, 5) is 4.05. The number of anilines is 1. The number of nitrogens with zero attached hydrogens (tertiary/aromatic N) is 3. The normalized spacial score (nSPS) is 26.2. The molecule has 4 N–H and O–H groups in total. The number of furan rings is 1. The summed E-state index contributed by atoms with van der Waals surface area (Å²) in [6.45, 7) is 7.14. The standard InChI is InChI=1S/C30H36N4O7S/c1-4-23-28(35)29(36)27(30(37)41-23)32-42(38,39)26(17-31)18(2)24-9-10-25(40-24)21-6-5-20-16-22(8-7-19(20)15-21)34-13-11-33(3)12-14-34/h5-10,15-16,23,27-30,32,35-37H,4,11-14H2,1-3H3/b26-18+/t23-,27?,28-,29-,30?/m1/s1. The third kappa shape index (κ3) is 5.95. The first kappa shape index (κ1) is 30.2. The predicted molar refractivity (Wildman–Crippen MR) is 159 cm³/mol. The third-order valence-corrected chi connectivity index (χ3v) is 9.59. The molecular formula is C30H36N4O7S. The Hall–Kier alpha value is -3.28. The monoisotopic (exact) mass is 596 g/mol. The van der Waals surface area contributed by atoms with Crippen LogP contribution in [0.25, 0.3) is 27.7 Å². The van der Waals surface area contributed by atoms with Crippen LogP contribution in [0, 0.1) is 11.3 Å². The van der Waals surface area contributed by atoms with E-state index in [0.717, 1.165) is 42.5 Å². The van der Waals surface area contributed by atoms with Gasteiger partial charge in [0.05, 0.1) is 6.10 Å². The van der Waals surface area contributed by atoms with Gasteiger partial charge in [0.1, 0.15) is 35.8 Å². The summed E-state index contributed by atoms with van der Waals surface area (Å²) in [7, 11) is -2.41. The molecule has 2 aromatic carbocycles. The highest BCUT2D eigenvalue weighted by Gasteiger charge is 2.45. The topological polar surface area (TPSA) is 159 Å². The van der Waals surface area contributed by atoms with Gasteiger partial charge in [0.2, 0.25) is 0 Å². The van der Waals surface area contributed by atoms with Crippen molar-refractivity contribution in [2.24, 2.45) is 0 Å². The smallest absolute Gasteiger partial charge is 0.251 e. The summed E-state index contributed by atoms with van der Waals surface area (Å²) < 4.78 is 39.7. The lowest BCUT2D eigenvalue weighted by Crippen LogP contribution is -2.63. The Morgan fingerprint density at radius 2 is 1.71 bits per heavy atom. The summed E-state index contributed by atoms with van der Waals surface area (Å²) in [5.41, 5.74) is 2.02. The van der Waals surface area contributed by atoms with Crippen LogP contribution in [0.4, 0.5) is 5.69 Å². The Bertz CT molecular complexity index is 1620. The lowest BCUT2D eigenvalue weighted by Gasteiger charge is -2.40. The second-order valence-electron chi connectivity index (χ2n) is 10.9. The average Bonchev–Trinajstić information content (AvgIpc) is 3.48. The SMILES string of the molecule is CC[C@H]1OC(O)C(NS(=O)(=O)/C(C#N)=C(\C)c2ccc(-c3ccc4cc(N5CCN(C)CC5)ccc4c3)o2)[C@@H](O)[C@@H]1O. The zero-order chi connectivity index (χ0) is 30.2. The van der Waals surface area contributed by atoms with Crippen LogP contribution in [0.15, 0.2) is 57.9 Å². The predicted octanol–water partition coefficient (Wildman–Crippen LogP) is 2.24. The van der Waals surface area contributed by atoms with E-state index in [9.17, 15) is 29.0 Å². The Morgan fingerprint density at radius 3 is 2.40 bits per heavy atom. The van der Waals surface area contributed by atoms with E-state index in [1.807, 2.05) is 18.2 Å². The highest BCUT2D eigenvalue weighted by molar-refractivity contribution is 7.93. The number of sulfonamides is 1. The Morgan fingerprint density at radius 1 is 1.02 bits per heavy atom. The minimum Gasteiger partial charge on any atom is -0.456 e. The van der Waals surface area contributed by atoms with Gasteiger partial charge in [-0.1, -0.05) is 25.1 Å². The van der Waals surface area contributed by atoms with Gasteiger partial charge in [0, 0.05) is 43.0 Å². The van der Waals surface area contributed by atoms with Crippen LogP contribution < -0.4 is 9.62 Å². The number of aliphatic hydroxyl groups excluding tert-OH is 3. The molecule has 0 radical (unpaired) electrons. The average molecular weight is 597 g/mol. The first-order valence-corrected chi connectivity index (χ1v) is 15.4. The van der Waals surface area contributed by atoms with Crippen molar-refractivity contribution in [3.05, 3.63) is 59.2 Å². The molecule has 2 unspecified atom stereocenters. The quantitative estimate of drug-likeness (QED) is 0.298. The van der Waals surface area contributed by atoms with Crippen LogP contribution in [0.3, 0.4) is 0 Å². The van der Waals surface area contributed by atoms with E-state index in [1.54, 1.807) is 25.1 Å².